The van der Waals surface area contributed by atoms with Crippen LogP contribution in [0.4, 0.5) is 0 Å². The molecule has 2 nitrogen and oxygen atoms in total. The molecule has 0 fully saturated rings. The Morgan fingerprint density at radius 1 is 0.933 bits per heavy atom. The highest BCUT2D eigenvalue weighted by molar-refractivity contribution is 5.53. The highest BCUT2D eigenvalue weighted by Crippen LogP contribution is 2.42. The Kier molecular flexibility index (Phi) is 9.57. The van der Waals surface area contributed by atoms with Gasteiger partial charge in [0.2, 0.25) is 0 Å². The molecule has 0 bridgehead atoms. The zero-order valence-corrected chi connectivity index (χ0v) is 20.9. The Hall–Kier alpha value is -1.18. The molecule has 1 unspecified atom stereocenters. The number of phenols is 1. The van der Waals surface area contributed by atoms with Gasteiger partial charge in [-0.25, -0.2) is 0 Å². The maximum Gasteiger partial charge on any atom is 0.126 e. The number of rotatable bonds is 12. The fourth-order valence-electron chi connectivity index (χ4n) is 5.05. The van der Waals surface area contributed by atoms with E-state index in [1.54, 1.807) is 0 Å². The molecule has 1 aromatic carbocycles. The van der Waals surface area contributed by atoms with Crippen molar-refractivity contribution in [3.05, 3.63) is 22.8 Å². The molecule has 0 amide bonds. The van der Waals surface area contributed by atoms with Crippen molar-refractivity contribution < 1.29 is 9.84 Å². The number of aromatic hydroxyl groups is 1. The fraction of sp³-hybridized carbons (Fsp3) is 0.786. The molecule has 0 spiro atoms. The van der Waals surface area contributed by atoms with E-state index in [1.165, 1.54) is 56.9 Å². The lowest BCUT2D eigenvalue weighted by molar-refractivity contribution is 0.0512. The second-order valence-electron chi connectivity index (χ2n) is 11.1. The summed E-state index contributed by atoms with van der Waals surface area (Å²) in [5, 5.41) is 10.1. The topological polar surface area (TPSA) is 29.5 Å². The van der Waals surface area contributed by atoms with Gasteiger partial charge in [-0.2, -0.15) is 0 Å². The summed E-state index contributed by atoms with van der Waals surface area (Å²) >= 11 is 0. The van der Waals surface area contributed by atoms with E-state index < -0.39 is 0 Å². The molecule has 1 heterocycles. The predicted molar refractivity (Wildman–Crippen MR) is 130 cm³/mol. The largest absolute Gasteiger partial charge is 0.508 e. The molecular weight excluding hydrogens is 368 g/mol. The molecule has 1 N–H and O–H groups in total. The summed E-state index contributed by atoms with van der Waals surface area (Å²) in [6.07, 6.45) is 14.1. The van der Waals surface area contributed by atoms with Crippen LogP contribution in [0.2, 0.25) is 0 Å². The minimum Gasteiger partial charge on any atom is -0.508 e. The van der Waals surface area contributed by atoms with Crippen LogP contribution in [-0.4, -0.2) is 10.7 Å². The minimum atomic E-state index is -0.0637. The molecule has 1 aromatic rings. The third kappa shape index (κ3) is 7.50. The number of hydrogen-bond acceptors (Lipinski definition) is 2. The van der Waals surface area contributed by atoms with Gasteiger partial charge in [0.25, 0.3) is 0 Å². The number of benzene rings is 1. The maximum atomic E-state index is 10.1. The van der Waals surface area contributed by atoms with Gasteiger partial charge in [0, 0.05) is 5.56 Å². The van der Waals surface area contributed by atoms with Crippen molar-refractivity contribution >= 4 is 0 Å². The van der Waals surface area contributed by atoms with Crippen molar-refractivity contribution in [1.29, 1.82) is 0 Å². The number of phenolic OH excluding ortho intramolecular Hbond substituents is 1. The molecule has 2 rings (SSSR count). The lowest BCUT2D eigenvalue weighted by Crippen LogP contribution is -2.37. The van der Waals surface area contributed by atoms with E-state index in [0.29, 0.717) is 5.75 Å². The highest BCUT2D eigenvalue weighted by atomic mass is 16.5. The summed E-state index contributed by atoms with van der Waals surface area (Å²) in [5.41, 5.74) is 3.20. The van der Waals surface area contributed by atoms with Gasteiger partial charge in [0.1, 0.15) is 17.1 Å². The van der Waals surface area contributed by atoms with Crippen LogP contribution in [0, 0.1) is 31.6 Å². The molecule has 0 radical (unpaired) electrons. The standard InChI is InChI=1S/C28H48O2/c1-20(2)11-8-12-21(3)13-9-14-22(4)15-10-17-28(7)18-16-25-24(6)26(29)19-23(5)27(25)30-28/h19-22,29H,8-18H2,1-7H3/t21-,22+,28?/m1/s1. The normalized spacial score (nSPS) is 20.7. The van der Waals surface area contributed by atoms with Gasteiger partial charge in [-0.05, 0) is 81.4 Å². The minimum absolute atomic E-state index is 0.0637. The summed E-state index contributed by atoms with van der Waals surface area (Å²) < 4.78 is 6.52. The van der Waals surface area contributed by atoms with E-state index >= 15 is 0 Å². The predicted octanol–water partition coefficient (Wildman–Crippen LogP) is 8.53. The molecule has 172 valence electrons. The quantitative estimate of drug-likeness (QED) is 0.370. The van der Waals surface area contributed by atoms with Gasteiger partial charge in [0.05, 0.1) is 0 Å². The van der Waals surface area contributed by atoms with E-state index in [0.717, 1.165) is 53.9 Å². The summed E-state index contributed by atoms with van der Waals surface area (Å²) in [7, 11) is 0. The van der Waals surface area contributed by atoms with Crippen LogP contribution in [0.25, 0.3) is 0 Å². The molecule has 1 aliphatic rings. The lowest BCUT2D eigenvalue weighted by Gasteiger charge is -2.37. The van der Waals surface area contributed by atoms with E-state index in [9.17, 15) is 5.11 Å². The van der Waals surface area contributed by atoms with E-state index in [1.807, 2.05) is 13.0 Å². The third-order valence-corrected chi connectivity index (χ3v) is 7.35. The second kappa shape index (κ2) is 11.4. The number of hydrogen-bond donors (Lipinski definition) is 1. The van der Waals surface area contributed by atoms with E-state index in [4.69, 9.17) is 4.74 Å². The average molecular weight is 417 g/mol. The Morgan fingerprint density at radius 2 is 1.50 bits per heavy atom. The van der Waals surface area contributed by atoms with Crippen LogP contribution in [0.5, 0.6) is 11.5 Å². The van der Waals surface area contributed by atoms with Crippen LogP contribution < -0.4 is 4.74 Å². The van der Waals surface area contributed by atoms with Gasteiger partial charge < -0.3 is 9.84 Å². The molecule has 0 saturated heterocycles. The van der Waals surface area contributed by atoms with Crippen LogP contribution in [0.3, 0.4) is 0 Å². The number of aryl methyl sites for hydroxylation is 1. The van der Waals surface area contributed by atoms with Crippen molar-refractivity contribution in [2.24, 2.45) is 17.8 Å². The monoisotopic (exact) mass is 416 g/mol. The molecule has 2 heteroatoms. The van der Waals surface area contributed by atoms with Crippen molar-refractivity contribution in [3.8, 4) is 11.5 Å². The van der Waals surface area contributed by atoms with Gasteiger partial charge >= 0.3 is 0 Å². The maximum absolute atomic E-state index is 10.1. The first-order chi connectivity index (χ1) is 14.1. The summed E-state index contributed by atoms with van der Waals surface area (Å²) in [4.78, 5) is 0. The lowest BCUT2D eigenvalue weighted by atomic mass is 9.84. The third-order valence-electron chi connectivity index (χ3n) is 7.35. The highest BCUT2D eigenvalue weighted by Gasteiger charge is 2.33. The zero-order chi connectivity index (χ0) is 22.3. The summed E-state index contributed by atoms with van der Waals surface area (Å²) in [6.45, 7) is 15.9. The first-order valence-electron chi connectivity index (χ1n) is 12.6. The summed E-state index contributed by atoms with van der Waals surface area (Å²) in [5.74, 6) is 3.98. The molecule has 3 atom stereocenters. The van der Waals surface area contributed by atoms with Crippen LogP contribution in [0.15, 0.2) is 6.07 Å². The fourth-order valence-corrected chi connectivity index (χ4v) is 5.05. The van der Waals surface area contributed by atoms with Gasteiger partial charge in [0.15, 0.2) is 0 Å². The average Bonchev–Trinajstić information content (AvgIpc) is 2.66. The van der Waals surface area contributed by atoms with Crippen LogP contribution >= 0.6 is 0 Å². The second-order valence-corrected chi connectivity index (χ2v) is 11.1. The van der Waals surface area contributed by atoms with Crippen LogP contribution in [0.1, 0.15) is 116 Å². The molecule has 0 aliphatic carbocycles. The van der Waals surface area contributed by atoms with Gasteiger partial charge in [-0.15, -0.1) is 0 Å². The Balaban J connectivity index is 1.69. The zero-order valence-electron chi connectivity index (χ0n) is 20.9. The van der Waals surface area contributed by atoms with E-state index in [-0.39, 0.29) is 5.60 Å². The number of ether oxygens (including phenoxy) is 1. The Morgan fingerprint density at radius 3 is 2.10 bits per heavy atom. The van der Waals surface area contributed by atoms with Crippen molar-refractivity contribution in [2.75, 3.05) is 0 Å². The molecule has 0 saturated carbocycles. The SMILES string of the molecule is Cc1cc(O)c(C)c2c1OC(C)(CCC[C@@H](C)CCC[C@H](C)CCCC(C)C)CC2. The molecular formula is C28H48O2. The first-order valence-corrected chi connectivity index (χ1v) is 12.6. The van der Waals surface area contributed by atoms with Crippen molar-refractivity contribution in [2.45, 2.75) is 125 Å². The van der Waals surface area contributed by atoms with Crippen molar-refractivity contribution in [3.63, 3.8) is 0 Å². The van der Waals surface area contributed by atoms with Gasteiger partial charge in [-0.3, -0.25) is 0 Å². The molecule has 0 aromatic heterocycles. The smallest absolute Gasteiger partial charge is 0.126 e. The first kappa shape index (κ1) is 25.1. The van der Waals surface area contributed by atoms with E-state index in [2.05, 4.69) is 41.5 Å². The number of fused-ring (bicyclic) bond motifs is 1. The molecule has 1 aliphatic heterocycles. The van der Waals surface area contributed by atoms with Gasteiger partial charge in [-0.1, -0.05) is 72.6 Å². The Bertz CT molecular complexity index is 663. The molecule has 30 heavy (non-hydrogen) atoms. The van der Waals surface area contributed by atoms with Crippen molar-refractivity contribution in [1.82, 2.24) is 0 Å². The van der Waals surface area contributed by atoms with Crippen LogP contribution in [-0.2, 0) is 6.42 Å². The Labute approximate surface area is 186 Å². The summed E-state index contributed by atoms with van der Waals surface area (Å²) in [6, 6.07) is 1.85.